The Morgan fingerprint density at radius 1 is 1.70 bits per heavy atom. The van der Waals surface area contributed by atoms with Gasteiger partial charge in [-0.3, -0.25) is 4.57 Å². The quantitative estimate of drug-likeness (QED) is 0.505. The molecule has 2 N–H and O–H groups in total. The molecule has 0 radical (unpaired) electrons. The number of hydrogen-bond acceptors (Lipinski definition) is 2. The van der Waals surface area contributed by atoms with Crippen LogP contribution in [-0.2, 0) is 9.30 Å². The van der Waals surface area contributed by atoms with Crippen molar-refractivity contribution in [2.24, 2.45) is 0 Å². The van der Waals surface area contributed by atoms with E-state index in [1.165, 1.54) is 0 Å². The van der Waals surface area contributed by atoms with Crippen molar-refractivity contribution in [1.82, 2.24) is 0 Å². The van der Waals surface area contributed by atoms with Gasteiger partial charge < -0.3 is 14.5 Å². The highest BCUT2D eigenvalue weighted by Gasteiger charge is 2.12. The molecule has 0 heterocycles. The molecule has 0 aromatic heterocycles. The molecule has 0 rings (SSSR count). The summed E-state index contributed by atoms with van der Waals surface area (Å²) in [6, 6.07) is 0. The summed E-state index contributed by atoms with van der Waals surface area (Å²) in [7, 11) is -4.00. The fourth-order valence-corrected chi connectivity index (χ4v) is 0.766. The van der Waals surface area contributed by atoms with Gasteiger partial charge in [0.15, 0.2) is 0 Å². The Hall–Kier alpha value is 0.400. The third-order valence-corrected chi connectivity index (χ3v) is 1.25. The molecule has 0 saturated carbocycles. The van der Waals surface area contributed by atoms with Crippen LogP contribution < -0.4 is 0 Å². The molecule has 0 fully saturated rings. The zero-order valence-corrected chi connectivity index (χ0v) is 7.18. The average Bonchev–Trinajstić information content (AvgIpc) is 1.59. The SMILES string of the molecule is CC(Cl)COCP(=O)(O)O. The van der Waals surface area contributed by atoms with Crippen LogP contribution in [0, 0.1) is 0 Å². The van der Waals surface area contributed by atoms with E-state index in [2.05, 4.69) is 4.74 Å². The minimum absolute atomic E-state index is 0.159. The monoisotopic (exact) mass is 188 g/mol. The second-order valence-electron chi connectivity index (χ2n) is 1.95. The Labute approximate surface area is 64.3 Å². The Morgan fingerprint density at radius 3 is 2.50 bits per heavy atom. The molecule has 0 saturated heterocycles. The molecule has 6 heteroatoms. The predicted octanol–water partition coefficient (Wildman–Crippen LogP) is 0.765. The summed E-state index contributed by atoms with van der Waals surface area (Å²) in [5.74, 6) is 0. The maximum atomic E-state index is 10.1. The molecular formula is C4H10ClO4P. The number of halogens is 1. The van der Waals surface area contributed by atoms with E-state index >= 15 is 0 Å². The van der Waals surface area contributed by atoms with Crippen LogP contribution in [0.5, 0.6) is 0 Å². The van der Waals surface area contributed by atoms with Crippen LogP contribution in [0.4, 0.5) is 0 Å². The van der Waals surface area contributed by atoms with E-state index in [1.54, 1.807) is 6.92 Å². The molecule has 0 spiro atoms. The van der Waals surface area contributed by atoms with E-state index in [4.69, 9.17) is 21.4 Å². The van der Waals surface area contributed by atoms with E-state index in [0.717, 1.165) is 0 Å². The third kappa shape index (κ3) is 8.40. The van der Waals surface area contributed by atoms with Crippen LogP contribution in [0.3, 0.4) is 0 Å². The molecule has 1 atom stereocenters. The third-order valence-electron chi connectivity index (χ3n) is 0.607. The van der Waals surface area contributed by atoms with Crippen molar-refractivity contribution in [1.29, 1.82) is 0 Å². The van der Waals surface area contributed by atoms with Crippen LogP contribution in [0.1, 0.15) is 6.92 Å². The Kier molecular flexibility index (Phi) is 4.49. The van der Waals surface area contributed by atoms with Gasteiger partial charge in [0, 0.05) is 0 Å². The normalized spacial score (nSPS) is 15.2. The maximum absolute atomic E-state index is 10.1. The minimum atomic E-state index is -4.00. The summed E-state index contributed by atoms with van der Waals surface area (Å²) < 4.78 is 14.7. The summed E-state index contributed by atoms with van der Waals surface area (Å²) in [5, 5.41) is -0.216. The van der Waals surface area contributed by atoms with Gasteiger partial charge in [-0.15, -0.1) is 11.6 Å². The van der Waals surface area contributed by atoms with Crippen molar-refractivity contribution in [3.8, 4) is 0 Å². The molecule has 0 amide bonds. The molecule has 0 bridgehead atoms. The first-order chi connectivity index (χ1) is 4.42. The topological polar surface area (TPSA) is 66.8 Å². The van der Waals surface area contributed by atoms with Gasteiger partial charge in [0.2, 0.25) is 0 Å². The maximum Gasteiger partial charge on any atom is 0.350 e. The summed E-state index contributed by atoms with van der Waals surface area (Å²) in [6.45, 7) is 1.84. The van der Waals surface area contributed by atoms with Gasteiger partial charge in [0.1, 0.15) is 6.35 Å². The number of rotatable bonds is 4. The van der Waals surface area contributed by atoms with E-state index in [9.17, 15) is 4.57 Å². The second kappa shape index (κ2) is 4.31. The van der Waals surface area contributed by atoms with Crippen LogP contribution in [0.2, 0.25) is 0 Å². The van der Waals surface area contributed by atoms with Gasteiger partial charge in [0.25, 0.3) is 0 Å². The van der Waals surface area contributed by atoms with Crippen LogP contribution in [0.15, 0.2) is 0 Å². The van der Waals surface area contributed by atoms with Crippen LogP contribution >= 0.6 is 19.2 Å². The molecule has 0 aromatic carbocycles. The molecule has 0 aliphatic heterocycles. The molecule has 4 nitrogen and oxygen atoms in total. The Balaban J connectivity index is 3.30. The zero-order chi connectivity index (χ0) is 8.20. The first-order valence-electron chi connectivity index (χ1n) is 2.68. The van der Waals surface area contributed by atoms with Gasteiger partial charge in [-0.1, -0.05) is 0 Å². The largest absolute Gasteiger partial charge is 0.367 e. The van der Waals surface area contributed by atoms with E-state index < -0.39 is 13.9 Å². The van der Waals surface area contributed by atoms with Crippen molar-refractivity contribution in [3.63, 3.8) is 0 Å². The predicted molar refractivity (Wildman–Crippen MR) is 38.2 cm³/mol. The number of hydrogen-bond donors (Lipinski definition) is 2. The van der Waals surface area contributed by atoms with Crippen molar-refractivity contribution in [2.45, 2.75) is 12.3 Å². The Bertz CT molecular complexity index is 131. The lowest BCUT2D eigenvalue weighted by atomic mass is 10.5. The van der Waals surface area contributed by atoms with E-state index in [1.807, 2.05) is 0 Å². The van der Waals surface area contributed by atoms with Gasteiger partial charge in [-0.2, -0.15) is 0 Å². The van der Waals surface area contributed by atoms with Crippen molar-refractivity contribution >= 4 is 19.2 Å². The minimum Gasteiger partial charge on any atom is -0.367 e. The number of ether oxygens (including phenoxy) is 1. The summed E-state index contributed by atoms with van der Waals surface area (Å²) in [6.07, 6.45) is -0.552. The van der Waals surface area contributed by atoms with Gasteiger partial charge in [-0.25, -0.2) is 0 Å². The lowest BCUT2D eigenvalue weighted by Crippen LogP contribution is -2.05. The summed E-state index contributed by atoms with van der Waals surface area (Å²) in [4.78, 5) is 16.5. The molecule has 62 valence electrons. The van der Waals surface area contributed by atoms with E-state index in [0.29, 0.717) is 0 Å². The highest BCUT2D eigenvalue weighted by atomic mass is 35.5. The second-order valence-corrected chi connectivity index (χ2v) is 4.28. The molecular weight excluding hydrogens is 178 g/mol. The fraction of sp³-hybridized carbons (Fsp3) is 1.00. The van der Waals surface area contributed by atoms with Crippen molar-refractivity contribution in [3.05, 3.63) is 0 Å². The first kappa shape index (κ1) is 10.4. The summed E-state index contributed by atoms with van der Waals surface area (Å²) in [5.41, 5.74) is 0. The highest BCUT2D eigenvalue weighted by molar-refractivity contribution is 7.51. The van der Waals surface area contributed by atoms with E-state index in [-0.39, 0.29) is 12.0 Å². The number of alkyl halides is 1. The molecule has 0 aliphatic carbocycles. The Morgan fingerprint density at radius 2 is 2.20 bits per heavy atom. The lowest BCUT2D eigenvalue weighted by molar-refractivity contribution is 0.159. The van der Waals surface area contributed by atoms with Crippen LogP contribution in [-0.4, -0.2) is 28.1 Å². The average molecular weight is 189 g/mol. The van der Waals surface area contributed by atoms with Crippen molar-refractivity contribution < 1.29 is 19.1 Å². The highest BCUT2D eigenvalue weighted by Crippen LogP contribution is 2.33. The summed E-state index contributed by atoms with van der Waals surface area (Å²) >= 11 is 5.43. The van der Waals surface area contributed by atoms with Crippen molar-refractivity contribution in [2.75, 3.05) is 13.0 Å². The smallest absolute Gasteiger partial charge is 0.350 e. The van der Waals surface area contributed by atoms with Crippen LogP contribution in [0.25, 0.3) is 0 Å². The van der Waals surface area contributed by atoms with Gasteiger partial charge in [-0.05, 0) is 6.92 Å². The van der Waals surface area contributed by atoms with Gasteiger partial charge >= 0.3 is 7.60 Å². The fourth-order valence-electron chi connectivity index (χ4n) is 0.334. The standard InChI is InChI=1S/C4H10ClO4P/c1-4(5)2-9-3-10(6,7)8/h4H,2-3H2,1H3,(H2,6,7,8). The van der Waals surface area contributed by atoms with Gasteiger partial charge in [0.05, 0.1) is 12.0 Å². The molecule has 0 aromatic rings. The molecule has 0 aliphatic rings. The first-order valence-corrected chi connectivity index (χ1v) is 4.91. The lowest BCUT2D eigenvalue weighted by Gasteiger charge is -2.05. The zero-order valence-electron chi connectivity index (χ0n) is 5.53. The molecule has 10 heavy (non-hydrogen) atoms. The molecule has 1 unspecified atom stereocenters.